The van der Waals surface area contributed by atoms with E-state index in [1.54, 1.807) is 25.2 Å². The first-order chi connectivity index (χ1) is 9.60. The topological polar surface area (TPSA) is 80.0 Å². The number of amides is 1. The van der Waals surface area contributed by atoms with Crippen LogP contribution in [-0.4, -0.2) is 17.9 Å². The molecule has 4 N–H and O–H groups in total. The number of benzene rings is 1. The first-order valence-corrected chi connectivity index (χ1v) is 6.38. The monoisotopic (exact) mass is 270 g/mol. The number of carbonyl (C=O) groups is 1. The van der Waals surface area contributed by atoms with Crippen molar-refractivity contribution in [3.63, 3.8) is 0 Å². The van der Waals surface area contributed by atoms with Gasteiger partial charge in [0.15, 0.2) is 0 Å². The molecule has 0 atom stereocenters. The molecule has 5 nitrogen and oxygen atoms in total. The zero-order chi connectivity index (χ0) is 14.5. The van der Waals surface area contributed by atoms with Crippen LogP contribution in [0.25, 0.3) is 0 Å². The summed E-state index contributed by atoms with van der Waals surface area (Å²) in [6, 6.07) is 11.0. The Hall–Kier alpha value is -2.56. The number of pyridine rings is 1. The number of nitrogens with two attached hydrogens (primary N) is 1. The predicted octanol–water partition coefficient (Wildman–Crippen LogP) is 1.94. The van der Waals surface area contributed by atoms with Crippen molar-refractivity contribution in [2.45, 2.75) is 13.5 Å². The highest BCUT2D eigenvalue weighted by molar-refractivity contribution is 5.96. The van der Waals surface area contributed by atoms with Gasteiger partial charge in [0.1, 0.15) is 0 Å². The number of nitrogens with zero attached hydrogens (tertiary/aromatic N) is 1. The van der Waals surface area contributed by atoms with E-state index in [1.807, 2.05) is 25.1 Å². The minimum absolute atomic E-state index is 0.137. The summed E-state index contributed by atoms with van der Waals surface area (Å²) in [4.78, 5) is 16.0. The van der Waals surface area contributed by atoms with Crippen molar-refractivity contribution in [2.24, 2.45) is 0 Å². The Morgan fingerprint density at radius 1 is 1.30 bits per heavy atom. The second-order valence-electron chi connectivity index (χ2n) is 4.51. The summed E-state index contributed by atoms with van der Waals surface area (Å²) in [5.41, 5.74) is 9.71. The van der Waals surface area contributed by atoms with Gasteiger partial charge in [0, 0.05) is 18.3 Å². The van der Waals surface area contributed by atoms with Crippen molar-refractivity contribution >= 4 is 17.3 Å². The summed E-state index contributed by atoms with van der Waals surface area (Å²) in [5.74, 6) is -0.137. The third kappa shape index (κ3) is 3.26. The van der Waals surface area contributed by atoms with Crippen LogP contribution in [0.5, 0.6) is 0 Å². The number of nitrogens with one attached hydrogen (secondary N) is 2. The molecule has 0 bridgehead atoms. The van der Waals surface area contributed by atoms with Gasteiger partial charge in [0.05, 0.1) is 23.6 Å². The standard InChI is InChI=1S/C15H18N4O/c1-10-4-3-5-12(19-10)9-18-14-8-11(15(20)17-2)6-7-13(14)16/h3-8,18H,9,16H2,1-2H3,(H,17,20). The summed E-state index contributed by atoms with van der Waals surface area (Å²) in [7, 11) is 1.60. The molecule has 1 amide bonds. The fourth-order valence-corrected chi connectivity index (χ4v) is 1.88. The van der Waals surface area contributed by atoms with Crippen LogP contribution in [0.3, 0.4) is 0 Å². The van der Waals surface area contributed by atoms with E-state index in [4.69, 9.17) is 5.73 Å². The van der Waals surface area contributed by atoms with Gasteiger partial charge in [-0.05, 0) is 37.3 Å². The minimum atomic E-state index is -0.137. The Balaban J connectivity index is 2.14. The van der Waals surface area contributed by atoms with Gasteiger partial charge >= 0.3 is 0 Å². The van der Waals surface area contributed by atoms with E-state index in [-0.39, 0.29) is 5.91 Å². The van der Waals surface area contributed by atoms with Gasteiger partial charge in [-0.25, -0.2) is 0 Å². The molecule has 2 aromatic rings. The van der Waals surface area contributed by atoms with Crippen LogP contribution in [0.1, 0.15) is 21.7 Å². The Kier molecular flexibility index (Phi) is 4.20. The van der Waals surface area contributed by atoms with Crippen LogP contribution in [0.4, 0.5) is 11.4 Å². The van der Waals surface area contributed by atoms with Crippen LogP contribution in [0.2, 0.25) is 0 Å². The highest BCUT2D eigenvalue weighted by Gasteiger charge is 2.07. The fraction of sp³-hybridized carbons (Fsp3) is 0.200. The third-order valence-corrected chi connectivity index (χ3v) is 2.95. The first kappa shape index (κ1) is 13.9. The maximum Gasteiger partial charge on any atom is 0.251 e. The van der Waals surface area contributed by atoms with Crippen LogP contribution in [0.15, 0.2) is 36.4 Å². The lowest BCUT2D eigenvalue weighted by atomic mass is 10.1. The van der Waals surface area contributed by atoms with Gasteiger partial charge in [-0.3, -0.25) is 9.78 Å². The van der Waals surface area contributed by atoms with Crippen molar-refractivity contribution in [2.75, 3.05) is 18.1 Å². The van der Waals surface area contributed by atoms with E-state index >= 15 is 0 Å². The van der Waals surface area contributed by atoms with E-state index < -0.39 is 0 Å². The van der Waals surface area contributed by atoms with E-state index in [2.05, 4.69) is 15.6 Å². The molecule has 5 heteroatoms. The van der Waals surface area contributed by atoms with Gasteiger partial charge in [0.25, 0.3) is 5.91 Å². The van der Waals surface area contributed by atoms with Gasteiger partial charge in [-0.15, -0.1) is 0 Å². The Labute approximate surface area is 118 Å². The molecule has 104 valence electrons. The lowest BCUT2D eigenvalue weighted by Crippen LogP contribution is -2.18. The Morgan fingerprint density at radius 2 is 2.10 bits per heavy atom. The Bertz CT molecular complexity index is 625. The molecule has 1 aromatic carbocycles. The molecule has 0 aliphatic carbocycles. The number of anilines is 2. The molecular formula is C15H18N4O. The van der Waals surface area contributed by atoms with E-state index in [9.17, 15) is 4.79 Å². The van der Waals surface area contributed by atoms with E-state index in [0.29, 0.717) is 17.8 Å². The SMILES string of the molecule is CNC(=O)c1ccc(N)c(NCc2cccc(C)n2)c1. The lowest BCUT2D eigenvalue weighted by Gasteiger charge is -2.11. The maximum absolute atomic E-state index is 11.6. The molecule has 0 saturated carbocycles. The molecule has 0 spiro atoms. The van der Waals surface area contributed by atoms with Crippen molar-refractivity contribution in [3.05, 3.63) is 53.3 Å². The number of carbonyl (C=O) groups excluding carboxylic acids is 1. The van der Waals surface area contributed by atoms with Gasteiger partial charge in [0.2, 0.25) is 0 Å². The molecule has 1 heterocycles. The first-order valence-electron chi connectivity index (χ1n) is 6.38. The molecule has 0 unspecified atom stereocenters. The largest absolute Gasteiger partial charge is 0.397 e. The van der Waals surface area contributed by atoms with Crippen molar-refractivity contribution < 1.29 is 4.79 Å². The van der Waals surface area contributed by atoms with Gasteiger partial charge < -0.3 is 16.4 Å². The quantitative estimate of drug-likeness (QED) is 0.742. The van der Waals surface area contributed by atoms with E-state index in [0.717, 1.165) is 17.1 Å². The third-order valence-electron chi connectivity index (χ3n) is 2.95. The summed E-state index contributed by atoms with van der Waals surface area (Å²) >= 11 is 0. The van der Waals surface area contributed by atoms with Crippen LogP contribution in [-0.2, 0) is 6.54 Å². The van der Waals surface area contributed by atoms with Crippen LogP contribution in [0, 0.1) is 6.92 Å². The molecule has 0 aliphatic heterocycles. The average molecular weight is 270 g/mol. The number of nitrogen functional groups attached to an aromatic ring is 1. The van der Waals surface area contributed by atoms with Crippen molar-refractivity contribution in [3.8, 4) is 0 Å². The second-order valence-corrected chi connectivity index (χ2v) is 4.51. The zero-order valence-electron chi connectivity index (χ0n) is 11.6. The van der Waals surface area contributed by atoms with Crippen LogP contribution >= 0.6 is 0 Å². The molecule has 2 rings (SSSR count). The minimum Gasteiger partial charge on any atom is -0.397 e. The Morgan fingerprint density at radius 3 is 2.80 bits per heavy atom. The zero-order valence-corrected chi connectivity index (χ0v) is 11.6. The summed E-state index contributed by atoms with van der Waals surface area (Å²) in [6.45, 7) is 2.51. The smallest absolute Gasteiger partial charge is 0.251 e. The van der Waals surface area contributed by atoms with Crippen molar-refractivity contribution in [1.29, 1.82) is 0 Å². The summed E-state index contributed by atoms with van der Waals surface area (Å²) < 4.78 is 0. The molecule has 0 aliphatic rings. The van der Waals surface area contributed by atoms with Crippen LogP contribution < -0.4 is 16.4 Å². The average Bonchev–Trinajstić information content (AvgIpc) is 2.45. The van der Waals surface area contributed by atoms with Crippen molar-refractivity contribution in [1.82, 2.24) is 10.3 Å². The maximum atomic E-state index is 11.6. The molecular weight excluding hydrogens is 252 g/mol. The molecule has 0 radical (unpaired) electrons. The number of aromatic nitrogens is 1. The molecule has 0 fully saturated rings. The molecule has 1 aromatic heterocycles. The highest BCUT2D eigenvalue weighted by Crippen LogP contribution is 2.20. The number of aryl methyl sites for hydroxylation is 1. The molecule has 20 heavy (non-hydrogen) atoms. The van der Waals surface area contributed by atoms with Gasteiger partial charge in [-0.1, -0.05) is 6.07 Å². The summed E-state index contributed by atoms with van der Waals surface area (Å²) in [6.07, 6.45) is 0. The lowest BCUT2D eigenvalue weighted by molar-refractivity contribution is 0.0963. The normalized spacial score (nSPS) is 10.1. The number of hydrogen-bond donors (Lipinski definition) is 3. The van der Waals surface area contributed by atoms with Gasteiger partial charge in [-0.2, -0.15) is 0 Å². The molecule has 0 saturated heterocycles. The summed E-state index contributed by atoms with van der Waals surface area (Å²) in [5, 5.41) is 5.80. The second kappa shape index (κ2) is 6.06. The predicted molar refractivity (Wildman–Crippen MR) is 80.5 cm³/mol. The van der Waals surface area contributed by atoms with E-state index in [1.165, 1.54) is 0 Å². The highest BCUT2D eigenvalue weighted by atomic mass is 16.1. The fourth-order valence-electron chi connectivity index (χ4n) is 1.88. The number of hydrogen-bond acceptors (Lipinski definition) is 4. The number of rotatable bonds is 4.